The number of nitrogens with one attached hydrogen (secondary N) is 2. The van der Waals surface area contributed by atoms with Crippen LogP contribution in [0.25, 0.3) is 11.1 Å². The van der Waals surface area contributed by atoms with Crippen LogP contribution in [0.15, 0.2) is 71.3 Å². The summed E-state index contributed by atoms with van der Waals surface area (Å²) in [6.07, 6.45) is 0.361. The van der Waals surface area contributed by atoms with Crippen molar-refractivity contribution in [2.45, 2.75) is 37.8 Å². The zero-order chi connectivity index (χ0) is 24.1. The molecule has 176 valence electrons. The molecule has 3 N–H and O–H groups in total. The molecule has 1 heterocycles. The predicted octanol–water partition coefficient (Wildman–Crippen LogP) is 4.23. The Labute approximate surface area is 196 Å². The van der Waals surface area contributed by atoms with E-state index in [1.165, 1.54) is 6.26 Å². The number of alkyl carbamates (subject to hydrolysis) is 1. The van der Waals surface area contributed by atoms with Crippen molar-refractivity contribution >= 4 is 18.0 Å². The second-order valence-corrected chi connectivity index (χ2v) is 8.20. The molecule has 0 aliphatic heterocycles. The minimum absolute atomic E-state index is 0.0732. The van der Waals surface area contributed by atoms with Crippen LogP contribution in [0.1, 0.15) is 48.6 Å². The smallest absolute Gasteiger partial charge is 0.407 e. The van der Waals surface area contributed by atoms with Gasteiger partial charge in [0, 0.05) is 12.3 Å². The van der Waals surface area contributed by atoms with Crippen molar-refractivity contribution < 1.29 is 28.6 Å². The van der Waals surface area contributed by atoms with Gasteiger partial charge in [-0.05, 0) is 47.7 Å². The average molecular weight is 463 g/mol. The normalized spacial score (nSPS) is 13.9. The molecule has 0 spiro atoms. The number of hydrogen-bond donors (Lipinski definition) is 3. The predicted molar refractivity (Wildman–Crippen MR) is 124 cm³/mol. The Bertz CT molecular complexity index is 1130. The number of rotatable bonds is 9. The molecule has 2 atom stereocenters. The van der Waals surface area contributed by atoms with Gasteiger partial charge in [0.25, 0.3) is 0 Å². The van der Waals surface area contributed by atoms with E-state index in [-0.39, 0.29) is 25.4 Å². The molecule has 1 aromatic heterocycles. The van der Waals surface area contributed by atoms with Crippen LogP contribution in [0.2, 0.25) is 0 Å². The molecule has 8 heteroatoms. The van der Waals surface area contributed by atoms with Crippen LogP contribution in [-0.4, -0.2) is 35.7 Å². The van der Waals surface area contributed by atoms with E-state index in [2.05, 4.69) is 10.6 Å². The summed E-state index contributed by atoms with van der Waals surface area (Å²) < 4.78 is 10.8. The number of amides is 2. The largest absolute Gasteiger partial charge is 0.481 e. The third-order valence-electron chi connectivity index (χ3n) is 5.93. The van der Waals surface area contributed by atoms with E-state index in [1.54, 1.807) is 19.1 Å². The number of hydrogen-bond acceptors (Lipinski definition) is 5. The Kier molecular flexibility index (Phi) is 6.96. The highest BCUT2D eigenvalue weighted by atomic mass is 16.5. The number of benzene rings is 2. The lowest BCUT2D eigenvalue weighted by atomic mass is 9.98. The Morgan fingerprint density at radius 1 is 0.971 bits per heavy atom. The Balaban J connectivity index is 1.41. The molecule has 0 saturated carbocycles. The molecule has 4 rings (SSSR count). The topological polar surface area (TPSA) is 118 Å². The quantitative estimate of drug-likeness (QED) is 0.438. The molecule has 2 aromatic carbocycles. The lowest BCUT2D eigenvalue weighted by Gasteiger charge is -2.21. The monoisotopic (exact) mass is 462 g/mol. The third kappa shape index (κ3) is 5.11. The highest BCUT2D eigenvalue weighted by Crippen LogP contribution is 2.44. The Hall–Kier alpha value is -4.07. The zero-order valence-electron chi connectivity index (χ0n) is 18.7. The first kappa shape index (κ1) is 23.1. The lowest BCUT2D eigenvalue weighted by molar-refractivity contribution is -0.137. The third-order valence-corrected chi connectivity index (χ3v) is 5.93. The first-order valence-electron chi connectivity index (χ1n) is 11.1. The Morgan fingerprint density at radius 2 is 1.62 bits per heavy atom. The average Bonchev–Trinajstić information content (AvgIpc) is 3.47. The van der Waals surface area contributed by atoms with Crippen molar-refractivity contribution in [2.75, 3.05) is 6.61 Å². The number of fused-ring (bicyclic) bond motifs is 3. The molecule has 0 radical (unpaired) electrons. The van der Waals surface area contributed by atoms with Crippen LogP contribution in [0.5, 0.6) is 0 Å². The van der Waals surface area contributed by atoms with E-state index in [4.69, 9.17) is 14.3 Å². The summed E-state index contributed by atoms with van der Waals surface area (Å²) >= 11 is 0. The summed E-state index contributed by atoms with van der Waals surface area (Å²) in [5.74, 6) is -1.15. The van der Waals surface area contributed by atoms with Gasteiger partial charge in [0.05, 0.1) is 12.3 Å². The zero-order valence-corrected chi connectivity index (χ0v) is 18.7. The summed E-state index contributed by atoms with van der Waals surface area (Å²) in [4.78, 5) is 36.5. The number of carbonyl (C=O) groups excluding carboxylic acids is 2. The first-order chi connectivity index (χ1) is 16.4. The molecule has 34 heavy (non-hydrogen) atoms. The van der Waals surface area contributed by atoms with Gasteiger partial charge in [-0.25, -0.2) is 4.79 Å². The number of furan rings is 1. The van der Waals surface area contributed by atoms with Crippen molar-refractivity contribution in [1.29, 1.82) is 0 Å². The number of carbonyl (C=O) groups is 3. The van der Waals surface area contributed by atoms with Gasteiger partial charge in [-0.1, -0.05) is 48.5 Å². The summed E-state index contributed by atoms with van der Waals surface area (Å²) in [7, 11) is 0. The van der Waals surface area contributed by atoms with Gasteiger partial charge in [-0.15, -0.1) is 0 Å². The fourth-order valence-electron chi connectivity index (χ4n) is 4.24. The second-order valence-electron chi connectivity index (χ2n) is 8.20. The van der Waals surface area contributed by atoms with Crippen LogP contribution in [0.4, 0.5) is 4.79 Å². The molecule has 0 saturated heterocycles. The number of carboxylic acid groups (broad SMARTS) is 1. The number of carboxylic acids is 1. The molecular weight excluding hydrogens is 436 g/mol. The maximum atomic E-state index is 12.8. The van der Waals surface area contributed by atoms with Crippen molar-refractivity contribution in [2.24, 2.45) is 0 Å². The Morgan fingerprint density at radius 3 is 2.21 bits per heavy atom. The van der Waals surface area contributed by atoms with Crippen LogP contribution >= 0.6 is 0 Å². The number of ether oxygens (including phenoxy) is 1. The highest BCUT2D eigenvalue weighted by molar-refractivity contribution is 5.86. The van der Waals surface area contributed by atoms with Crippen molar-refractivity contribution in [3.05, 3.63) is 83.8 Å². The van der Waals surface area contributed by atoms with E-state index in [9.17, 15) is 14.4 Å². The van der Waals surface area contributed by atoms with Gasteiger partial charge in [0.1, 0.15) is 18.4 Å². The summed E-state index contributed by atoms with van der Waals surface area (Å²) in [5.41, 5.74) is 4.36. The van der Waals surface area contributed by atoms with Gasteiger partial charge in [-0.3, -0.25) is 9.59 Å². The number of aliphatic carboxylic acids is 1. The molecule has 0 fully saturated rings. The van der Waals surface area contributed by atoms with E-state index in [1.807, 2.05) is 48.5 Å². The standard InChI is InChI=1S/C26H26N2O6/c1-16(23-11-6-14-33-23)27-25(31)22(12-13-24(29)30)28-26(32)34-15-21-19-9-4-2-7-17(19)18-8-3-5-10-20(18)21/h2-11,14,16,21-22H,12-13,15H2,1H3,(H,27,31)(H,28,32)(H,29,30). The summed E-state index contributed by atoms with van der Waals surface area (Å²) in [6, 6.07) is 17.9. The fourth-order valence-corrected chi connectivity index (χ4v) is 4.24. The minimum atomic E-state index is -1.07. The molecular formula is C26H26N2O6. The van der Waals surface area contributed by atoms with E-state index in [0.29, 0.717) is 5.76 Å². The molecule has 3 aromatic rings. The van der Waals surface area contributed by atoms with Crippen molar-refractivity contribution in [3.8, 4) is 11.1 Å². The van der Waals surface area contributed by atoms with Gasteiger partial charge in [0.15, 0.2) is 0 Å². The molecule has 2 unspecified atom stereocenters. The maximum Gasteiger partial charge on any atom is 0.407 e. The summed E-state index contributed by atoms with van der Waals surface area (Å²) in [5, 5.41) is 14.3. The van der Waals surface area contributed by atoms with Crippen LogP contribution in [0.3, 0.4) is 0 Å². The van der Waals surface area contributed by atoms with E-state index < -0.39 is 30.1 Å². The molecule has 8 nitrogen and oxygen atoms in total. The highest BCUT2D eigenvalue weighted by Gasteiger charge is 2.30. The first-order valence-corrected chi connectivity index (χ1v) is 11.1. The van der Waals surface area contributed by atoms with Crippen LogP contribution in [-0.2, 0) is 14.3 Å². The SMILES string of the molecule is CC(NC(=O)C(CCC(=O)O)NC(=O)OCC1c2ccccc2-c2ccccc21)c1ccco1. The molecule has 1 aliphatic rings. The van der Waals surface area contributed by atoms with Crippen LogP contribution in [0, 0.1) is 0 Å². The van der Waals surface area contributed by atoms with E-state index >= 15 is 0 Å². The summed E-state index contributed by atoms with van der Waals surface area (Å²) in [6.45, 7) is 1.83. The second kappa shape index (κ2) is 10.2. The van der Waals surface area contributed by atoms with Crippen molar-refractivity contribution in [1.82, 2.24) is 10.6 Å². The van der Waals surface area contributed by atoms with Gasteiger partial charge in [0.2, 0.25) is 5.91 Å². The lowest BCUT2D eigenvalue weighted by Crippen LogP contribution is -2.47. The van der Waals surface area contributed by atoms with Crippen molar-refractivity contribution in [3.63, 3.8) is 0 Å². The molecule has 1 aliphatic carbocycles. The fraction of sp³-hybridized carbons (Fsp3) is 0.269. The maximum absolute atomic E-state index is 12.8. The molecule has 2 amide bonds. The van der Waals surface area contributed by atoms with E-state index in [0.717, 1.165) is 22.3 Å². The van der Waals surface area contributed by atoms with Gasteiger partial charge in [-0.2, -0.15) is 0 Å². The minimum Gasteiger partial charge on any atom is -0.481 e. The van der Waals surface area contributed by atoms with Gasteiger partial charge >= 0.3 is 12.1 Å². The molecule has 0 bridgehead atoms. The van der Waals surface area contributed by atoms with Gasteiger partial charge < -0.3 is 24.9 Å². The van der Waals surface area contributed by atoms with Crippen LogP contribution < -0.4 is 10.6 Å².